The highest BCUT2D eigenvalue weighted by Gasteiger charge is 2.33. The molecule has 4 N–H and O–H groups in total. The SMILES string of the molecule is Cc1ccc2nc(C(=O)NC3CCC3NC(=O)CCc3c[nH]c(=O)[nH]3)ccc2c1. The minimum Gasteiger partial charge on any atom is -0.351 e. The van der Waals surface area contributed by atoms with Crippen LogP contribution in [-0.4, -0.2) is 38.8 Å². The summed E-state index contributed by atoms with van der Waals surface area (Å²) in [6.45, 7) is 2.02. The van der Waals surface area contributed by atoms with Crippen molar-refractivity contribution in [3.8, 4) is 0 Å². The maximum atomic E-state index is 12.6. The number of aromatic nitrogens is 3. The molecule has 0 aliphatic heterocycles. The quantitative estimate of drug-likeness (QED) is 0.508. The summed E-state index contributed by atoms with van der Waals surface area (Å²) in [5.41, 5.74) is 2.72. The van der Waals surface area contributed by atoms with Crippen molar-refractivity contribution >= 4 is 22.7 Å². The van der Waals surface area contributed by atoms with Crippen molar-refractivity contribution in [3.05, 3.63) is 64.0 Å². The molecule has 1 aromatic carbocycles. The Morgan fingerprint density at radius 2 is 1.93 bits per heavy atom. The first kappa shape index (κ1) is 18.9. The second-order valence-electron chi connectivity index (χ2n) is 7.49. The van der Waals surface area contributed by atoms with Crippen LogP contribution in [0, 0.1) is 6.92 Å². The van der Waals surface area contributed by atoms with E-state index in [1.807, 2.05) is 31.2 Å². The van der Waals surface area contributed by atoms with Crippen molar-refractivity contribution in [2.75, 3.05) is 0 Å². The van der Waals surface area contributed by atoms with Crippen molar-refractivity contribution in [1.29, 1.82) is 0 Å². The van der Waals surface area contributed by atoms with E-state index in [1.165, 1.54) is 0 Å². The molecule has 0 spiro atoms. The van der Waals surface area contributed by atoms with Crippen LogP contribution in [-0.2, 0) is 11.2 Å². The van der Waals surface area contributed by atoms with E-state index in [0.29, 0.717) is 17.8 Å². The van der Waals surface area contributed by atoms with Crippen molar-refractivity contribution in [1.82, 2.24) is 25.6 Å². The zero-order valence-corrected chi connectivity index (χ0v) is 16.1. The first-order valence-corrected chi connectivity index (χ1v) is 9.72. The molecule has 1 saturated carbocycles. The molecule has 4 rings (SSSR count). The van der Waals surface area contributed by atoms with E-state index in [4.69, 9.17) is 0 Å². The maximum Gasteiger partial charge on any atom is 0.323 e. The molecule has 0 radical (unpaired) electrons. The van der Waals surface area contributed by atoms with E-state index in [9.17, 15) is 14.4 Å². The first-order chi connectivity index (χ1) is 14.0. The number of nitrogens with zero attached hydrogens (tertiary/aromatic N) is 1. The zero-order valence-electron chi connectivity index (χ0n) is 16.1. The van der Waals surface area contributed by atoms with Gasteiger partial charge in [-0.1, -0.05) is 17.7 Å². The average Bonchev–Trinajstić information content (AvgIpc) is 3.12. The number of H-pyrrole nitrogens is 2. The summed E-state index contributed by atoms with van der Waals surface area (Å²) in [5, 5.41) is 6.93. The fourth-order valence-corrected chi connectivity index (χ4v) is 3.49. The lowest BCUT2D eigenvalue weighted by atomic mass is 9.86. The molecule has 8 nitrogen and oxygen atoms in total. The van der Waals surface area contributed by atoms with Gasteiger partial charge in [-0.3, -0.25) is 9.59 Å². The van der Waals surface area contributed by atoms with Crippen LogP contribution in [0.15, 0.2) is 41.3 Å². The maximum absolute atomic E-state index is 12.6. The number of fused-ring (bicyclic) bond motifs is 1. The third-order valence-electron chi connectivity index (χ3n) is 5.29. The summed E-state index contributed by atoms with van der Waals surface area (Å²) in [5.74, 6) is -0.337. The summed E-state index contributed by atoms with van der Waals surface area (Å²) in [6.07, 6.45) is 3.93. The van der Waals surface area contributed by atoms with Crippen LogP contribution in [0.25, 0.3) is 10.9 Å². The summed E-state index contributed by atoms with van der Waals surface area (Å²) in [4.78, 5) is 45.4. The van der Waals surface area contributed by atoms with Crippen LogP contribution < -0.4 is 16.3 Å². The second kappa shape index (κ2) is 7.90. The Bertz CT molecular complexity index is 1120. The van der Waals surface area contributed by atoms with Crippen molar-refractivity contribution < 1.29 is 9.59 Å². The van der Waals surface area contributed by atoms with E-state index in [0.717, 1.165) is 29.3 Å². The summed E-state index contributed by atoms with van der Waals surface area (Å²) in [6, 6.07) is 9.35. The third-order valence-corrected chi connectivity index (χ3v) is 5.29. The monoisotopic (exact) mass is 393 g/mol. The number of aryl methyl sites for hydroxylation is 2. The lowest BCUT2D eigenvalue weighted by Crippen LogP contribution is -2.58. The molecule has 1 fully saturated rings. The van der Waals surface area contributed by atoms with Crippen LogP contribution in [0.5, 0.6) is 0 Å². The van der Waals surface area contributed by atoms with E-state index < -0.39 is 0 Å². The molecule has 2 unspecified atom stereocenters. The standard InChI is InChI=1S/C21H23N5O3/c1-12-2-5-15-13(10-12)3-6-18(24-15)20(28)26-17-8-7-16(17)25-19(27)9-4-14-11-22-21(29)23-14/h2-3,5-6,10-11,16-17H,4,7-9H2,1H3,(H,25,27)(H,26,28)(H2,22,23,29). The molecule has 8 heteroatoms. The largest absolute Gasteiger partial charge is 0.351 e. The number of rotatable bonds is 6. The molecule has 150 valence electrons. The van der Waals surface area contributed by atoms with E-state index in [2.05, 4.69) is 25.6 Å². The number of benzene rings is 1. The van der Waals surface area contributed by atoms with Crippen LogP contribution in [0.4, 0.5) is 0 Å². The molecule has 1 aliphatic carbocycles. The lowest BCUT2D eigenvalue weighted by Gasteiger charge is -2.37. The molecular formula is C21H23N5O3. The Kier molecular flexibility index (Phi) is 5.16. The number of carbonyl (C=O) groups excluding carboxylic acids is 2. The van der Waals surface area contributed by atoms with Gasteiger partial charge in [0, 0.05) is 35.8 Å². The van der Waals surface area contributed by atoms with Crippen molar-refractivity contribution in [3.63, 3.8) is 0 Å². The van der Waals surface area contributed by atoms with E-state index in [1.54, 1.807) is 12.3 Å². The minimum absolute atomic E-state index is 0.0835. The van der Waals surface area contributed by atoms with Gasteiger partial charge in [0.05, 0.1) is 5.52 Å². The van der Waals surface area contributed by atoms with E-state index >= 15 is 0 Å². The predicted molar refractivity (Wildman–Crippen MR) is 109 cm³/mol. The summed E-state index contributed by atoms with van der Waals surface area (Å²) >= 11 is 0. The Labute approximate surface area is 167 Å². The van der Waals surface area contributed by atoms with Gasteiger partial charge >= 0.3 is 5.69 Å². The molecule has 3 aromatic rings. The zero-order chi connectivity index (χ0) is 20.4. The van der Waals surface area contributed by atoms with Crippen molar-refractivity contribution in [2.24, 2.45) is 0 Å². The average molecular weight is 393 g/mol. The molecule has 2 aromatic heterocycles. The molecule has 2 heterocycles. The van der Waals surface area contributed by atoms with Gasteiger partial charge in [-0.25, -0.2) is 9.78 Å². The molecule has 2 atom stereocenters. The Morgan fingerprint density at radius 3 is 2.66 bits per heavy atom. The number of imidazole rings is 1. The molecule has 1 aliphatic rings. The lowest BCUT2D eigenvalue weighted by molar-refractivity contribution is -0.122. The van der Waals surface area contributed by atoms with Crippen LogP contribution >= 0.6 is 0 Å². The second-order valence-corrected chi connectivity index (χ2v) is 7.49. The molecule has 29 heavy (non-hydrogen) atoms. The number of pyridine rings is 1. The van der Waals surface area contributed by atoms with Gasteiger partial charge in [-0.15, -0.1) is 0 Å². The first-order valence-electron chi connectivity index (χ1n) is 9.72. The fraction of sp³-hybridized carbons (Fsp3) is 0.333. The number of hydrogen-bond donors (Lipinski definition) is 4. The van der Waals surface area contributed by atoms with Crippen molar-refractivity contribution in [2.45, 2.75) is 44.7 Å². The topological polar surface area (TPSA) is 120 Å². The van der Waals surface area contributed by atoms with Gasteiger partial charge in [-0.2, -0.15) is 0 Å². The Hall–Kier alpha value is -3.42. The number of hydrogen-bond acceptors (Lipinski definition) is 4. The van der Waals surface area contributed by atoms with Gasteiger partial charge in [0.15, 0.2) is 0 Å². The highest BCUT2D eigenvalue weighted by molar-refractivity contribution is 5.95. The van der Waals surface area contributed by atoms with Gasteiger partial charge in [0.25, 0.3) is 5.91 Å². The number of amides is 2. The molecular weight excluding hydrogens is 370 g/mol. The number of nitrogens with one attached hydrogen (secondary N) is 4. The number of aromatic amines is 2. The smallest absolute Gasteiger partial charge is 0.323 e. The van der Waals surface area contributed by atoms with E-state index in [-0.39, 0.29) is 36.0 Å². The van der Waals surface area contributed by atoms with Gasteiger partial charge in [-0.05, 0) is 44.4 Å². The number of carbonyl (C=O) groups is 2. The third kappa shape index (κ3) is 4.37. The molecule has 0 bridgehead atoms. The predicted octanol–water partition coefficient (Wildman–Crippen LogP) is 1.57. The fourth-order valence-electron chi connectivity index (χ4n) is 3.49. The highest BCUT2D eigenvalue weighted by Crippen LogP contribution is 2.21. The Morgan fingerprint density at radius 1 is 1.14 bits per heavy atom. The van der Waals surface area contributed by atoms with Crippen LogP contribution in [0.2, 0.25) is 0 Å². The highest BCUT2D eigenvalue weighted by atomic mass is 16.2. The van der Waals surface area contributed by atoms with Gasteiger partial charge < -0.3 is 20.6 Å². The summed E-state index contributed by atoms with van der Waals surface area (Å²) in [7, 11) is 0. The minimum atomic E-state index is -0.278. The Balaban J connectivity index is 1.31. The van der Waals surface area contributed by atoms with Crippen LogP contribution in [0.1, 0.15) is 41.0 Å². The normalized spacial score (nSPS) is 18.2. The van der Waals surface area contributed by atoms with Gasteiger partial charge in [0.1, 0.15) is 5.69 Å². The van der Waals surface area contributed by atoms with Crippen LogP contribution in [0.3, 0.4) is 0 Å². The van der Waals surface area contributed by atoms with Gasteiger partial charge in [0.2, 0.25) is 5.91 Å². The molecule has 0 saturated heterocycles. The molecule has 2 amide bonds. The summed E-state index contributed by atoms with van der Waals surface area (Å²) < 4.78 is 0.